The van der Waals surface area contributed by atoms with Crippen LogP contribution in [0.25, 0.3) is 0 Å². The van der Waals surface area contributed by atoms with E-state index < -0.39 is 0 Å². The van der Waals surface area contributed by atoms with E-state index in [1.54, 1.807) is 6.07 Å². The molecular weight excluding hydrogens is 241 g/mol. The second-order valence-corrected chi connectivity index (χ2v) is 5.12. The molecule has 0 aliphatic heterocycles. The van der Waals surface area contributed by atoms with Gasteiger partial charge >= 0.3 is 0 Å². The molecular formula is C13H19Cl2N. The molecule has 0 aromatic heterocycles. The molecule has 0 amide bonds. The van der Waals surface area contributed by atoms with Gasteiger partial charge in [0.15, 0.2) is 0 Å². The van der Waals surface area contributed by atoms with Crippen LogP contribution in [-0.2, 0) is 5.54 Å². The second kappa shape index (κ2) is 5.90. The third kappa shape index (κ3) is 3.13. The number of benzene rings is 1. The Morgan fingerprint density at radius 2 is 1.69 bits per heavy atom. The van der Waals surface area contributed by atoms with E-state index in [2.05, 4.69) is 13.8 Å². The van der Waals surface area contributed by atoms with Gasteiger partial charge in [-0.25, -0.2) is 0 Å². The van der Waals surface area contributed by atoms with Crippen molar-refractivity contribution in [3.63, 3.8) is 0 Å². The standard InChI is InChI=1S/C13H19Cl2N/c1-3-7-13(16,8-4-2)11-6-5-10(14)9-12(11)15/h5-6,9H,3-4,7-8,16H2,1-2H3. The van der Waals surface area contributed by atoms with Gasteiger partial charge in [-0.05, 0) is 30.5 Å². The minimum atomic E-state index is -0.314. The highest BCUT2D eigenvalue weighted by atomic mass is 35.5. The summed E-state index contributed by atoms with van der Waals surface area (Å²) in [5.41, 5.74) is 7.17. The number of nitrogens with two attached hydrogens (primary N) is 1. The van der Waals surface area contributed by atoms with Crippen LogP contribution in [0, 0.1) is 0 Å². The highest BCUT2D eigenvalue weighted by Gasteiger charge is 2.27. The van der Waals surface area contributed by atoms with Crippen molar-refractivity contribution in [2.75, 3.05) is 0 Å². The smallest absolute Gasteiger partial charge is 0.0471 e. The fourth-order valence-corrected chi connectivity index (χ4v) is 2.78. The van der Waals surface area contributed by atoms with E-state index in [1.807, 2.05) is 12.1 Å². The Bertz CT molecular complexity index is 344. The first-order valence-corrected chi connectivity index (χ1v) is 6.53. The monoisotopic (exact) mass is 259 g/mol. The van der Waals surface area contributed by atoms with Gasteiger partial charge in [0.25, 0.3) is 0 Å². The van der Waals surface area contributed by atoms with Crippen LogP contribution < -0.4 is 5.73 Å². The molecule has 0 unspecified atom stereocenters. The lowest BCUT2D eigenvalue weighted by atomic mass is 9.83. The number of hydrogen-bond donors (Lipinski definition) is 1. The molecule has 0 saturated carbocycles. The summed E-state index contributed by atoms with van der Waals surface area (Å²) in [4.78, 5) is 0. The topological polar surface area (TPSA) is 26.0 Å². The van der Waals surface area contributed by atoms with Gasteiger partial charge in [-0.1, -0.05) is 56.0 Å². The molecule has 1 rings (SSSR count). The number of rotatable bonds is 5. The second-order valence-electron chi connectivity index (χ2n) is 4.28. The summed E-state index contributed by atoms with van der Waals surface area (Å²) >= 11 is 12.1. The molecule has 0 spiro atoms. The third-order valence-electron chi connectivity index (χ3n) is 2.86. The van der Waals surface area contributed by atoms with Crippen molar-refractivity contribution >= 4 is 23.2 Å². The van der Waals surface area contributed by atoms with Crippen LogP contribution in [0.5, 0.6) is 0 Å². The van der Waals surface area contributed by atoms with Crippen molar-refractivity contribution in [2.45, 2.75) is 45.1 Å². The van der Waals surface area contributed by atoms with Gasteiger partial charge in [-0.15, -0.1) is 0 Å². The van der Waals surface area contributed by atoms with Gasteiger partial charge in [0.05, 0.1) is 0 Å². The fraction of sp³-hybridized carbons (Fsp3) is 0.538. The van der Waals surface area contributed by atoms with Crippen LogP contribution >= 0.6 is 23.2 Å². The molecule has 0 atom stereocenters. The molecule has 16 heavy (non-hydrogen) atoms. The molecule has 1 aromatic rings. The summed E-state index contributed by atoms with van der Waals surface area (Å²) in [5.74, 6) is 0. The van der Waals surface area contributed by atoms with Crippen LogP contribution in [0.1, 0.15) is 45.1 Å². The molecule has 0 aliphatic carbocycles. The van der Waals surface area contributed by atoms with Crippen LogP contribution in [-0.4, -0.2) is 0 Å². The Balaban J connectivity index is 3.10. The average molecular weight is 260 g/mol. The van der Waals surface area contributed by atoms with E-state index >= 15 is 0 Å². The molecule has 0 radical (unpaired) electrons. The van der Waals surface area contributed by atoms with Gasteiger partial charge < -0.3 is 5.73 Å². The molecule has 2 N–H and O–H groups in total. The zero-order valence-corrected chi connectivity index (χ0v) is 11.4. The number of halogens is 2. The minimum Gasteiger partial charge on any atom is -0.321 e. The van der Waals surface area contributed by atoms with E-state index in [9.17, 15) is 0 Å². The van der Waals surface area contributed by atoms with Gasteiger partial charge in [0.2, 0.25) is 0 Å². The summed E-state index contributed by atoms with van der Waals surface area (Å²) in [5, 5.41) is 1.33. The Morgan fingerprint density at radius 3 is 2.12 bits per heavy atom. The summed E-state index contributed by atoms with van der Waals surface area (Å²) in [6.45, 7) is 4.28. The van der Waals surface area contributed by atoms with Crippen molar-refractivity contribution < 1.29 is 0 Å². The molecule has 0 saturated heterocycles. The number of hydrogen-bond acceptors (Lipinski definition) is 1. The Kier molecular flexibility index (Phi) is 5.10. The lowest BCUT2D eigenvalue weighted by Gasteiger charge is -2.30. The maximum absolute atomic E-state index is 6.46. The van der Waals surface area contributed by atoms with E-state index in [1.165, 1.54) is 0 Å². The minimum absolute atomic E-state index is 0.314. The maximum Gasteiger partial charge on any atom is 0.0471 e. The first-order valence-electron chi connectivity index (χ1n) is 5.78. The molecule has 0 bridgehead atoms. The van der Waals surface area contributed by atoms with Crippen molar-refractivity contribution in [2.24, 2.45) is 5.73 Å². The average Bonchev–Trinajstić information content (AvgIpc) is 2.17. The largest absolute Gasteiger partial charge is 0.321 e. The molecule has 0 heterocycles. The normalized spacial score (nSPS) is 11.8. The lowest BCUT2D eigenvalue weighted by Crippen LogP contribution is -2.36. The van der Waals surface area contributed by atoms with E-state index in [4.69, 9.17) is 28.9 Å². The van der Waals surface area contributed by atoms with Gasteiger partial charge in [0, 0.05) is 15.6 Å². The third-order valence-corrected chi connectivity index (χ3v) is 3.41. The Labute approximate surface area is 108 Å². The van der Waals surface area contributed by atoms with Crippen molar-refractivity contribution in [3.05, 3.63) is 33.8 Å². The lowest BCUT2D eigenvalue weighted by molar-refractivity contribution is 0.369. The SMILES string of the molecule is CCCC(N)(CCC)c1ccc(Cl)cc1Cl. The fourth-order valence-electron chi connectivity index (χ4n) is 2.18. The molecule has 0 fully saturated rings. The zero-order chi connectivity index (χ0) is 12.2. The quantitative estimate of drug-likeness (QED) is 0.812. The van der Waals surface area contributed by atoms with Crippen LogP contribution in [0.4, 0.5) is 0 Å². The molecule has 3 heteroatoms. The molecule has 1 nitrogen and oxygen atoms in total. The van der Waals surface area contributed by atoms with Crippen molar-refractivity contribution in [1.29, 1.82) is 0 Å². The van der Waals surface area contributed by atoms with Crippen molar-refractivity contribution in [3.8, 4) is 0 Å². The van der Waals surface area contributed by atoms with Gasteiger partial charge in [-0.2, -0.15) is 0 Å². The van der Waals surface area contributed by atoms with Gasteiger partial charge in [0.1, 0.15) is 0 Å². The van der Waals surface area contributed by atoms with Crippen LogP contribution in [0.3, 0.4) is 0 Å². The zero-order valence-electron chi connectivity index (χ0n) is 9.89. The van der Waals surface area contributed by atoms with Crippen LogP contribution in [0.15, 0.2) is 18.2 Å². The molecule has 0 aliphatic rings. The Morgan fingerprint density at radius 1 is 1.12 bits per heavy atom. The van der Waals surface area contributed by atoms with E-state index in [-0.39, 0.29) is 5.54 Å². The maximum atomic E-state index is 6.46. The van der Waals surface area contributed by atoms with E-state index in [0.717, 1.165) is 31.2 Å². The Hall–Kier alpha value is -0.240. The predicted molar refractivity (Wildman–Crippen MR) is 72.1 cm³/mol. The first-order chi connectivity index (χ1) is 7.53. The summed E-state index contributed by atoms with van der Waals surface area (Å²) in [6.07, 6.45) is 4.00. The molecule has 1 aromatic carbocycles. The van der Waals surface area contributed by atoms with Crippen molar-refractivity contribution in [1.82, 2.24) is 0 Å². The van der Waals surface area contributed by atoms with Gasteiger partial charge in [-0.3, -0.25) is 0 Å². The van der Waals surface area contributed by atoms with E-state index in [0.29, 0.717) is 10.0 Å². The predicted octanol–water partition coefficient (Wildman–Crippen LogP) is 4.75. The first kappa shape index (κ1) is 13.8. The molecule has 90 valence electrons. The highest BCUT2D eigenvalue weighted by molar-refractivity contribution is 6.35. The summed E-state index contributed by atoms with van der Waals surface area (Å²) in [7, 11) is 0. The summed E-state index contributed by atoms with van der Waals surface area (Å²) in [6, 6.07) is 5.58. The summed E-state index contributed by atoms with van der Waals surface area (Å²) < 4.78 is 0. The highest BCUT2D eigenvalue weighted by Crippen LogP contribution is 2.35. The van der Waals surface area contributed by atoms with Crippen LogP contribution in [0.2, 0.25) is 10.0 Å².